The lowest BCUT2D eigenvalue weighted by atomic mass is 9.98. The molecule has 1 saturated heterocycles. The molecule has 12 heteroatoms. The molecule has 3 amide bonds. The molecule has 0 aliphatic carbocycles. The number of carbonyl (C=O) groups excluding carboxylic acids is 3. The van der Waals surface area contributed by atoms with Crippen LogP contribution < -0.4 is 16.0 Å². The maximum Gasteiger partial charge on any atom is 0.408 e. The summed E-state index contributed by atoms with van der Waals surface area (Å²) in [6, 6.07) is 7.02. The molecule has 0 spiro atoms. The number of amides is 3. The third-order valence-corrected chi connectivity index (χ3v) is 4.63. The number of alkyl carbamates (subject to hydrolysis) is 1. The standard InChI is InChI=1S/C21H31N3O9/c1-21(2,3)33-20(31)23-12(18(30)22-11-7-5-4-6-8-11)9-14(26)24-19-17(29)16(28)15(27)13(10-25)32-19/h4-8,12-13,15-17,19,25,27-29H,9-10H2,1-3H3,(H,22,30)(H,23,31)(H,24,26)/t12-,13+,15+,16-,17+,19+/m0/s1. The predicted molar refractivity (Wildman–Crippen MR) is 115 cm³/mol. The summed E-state index contributed by atoms with van der Waals surface area (Å²) in [5, 5.41) is 46.3. The van der Waals surface area contributed by atoms with Crippen molar-refractivity contribution in [2.75, 3.05) is 11.9 Å². The minimum absolute atomic E-state index is 0.438. The molecular weight excluding hydrogens is 438 g/mol. The lowest BCUT2D eigenvalue weighted by molar-refractivity contribution is -0.236. The quantitative estimate of drug-likeness (QED) is 0.258. The van der Waals surface area contributed by atoms with Gasteiger partial charge >= 0.3 is 6.09 Å². The first-order chi connectivity index (χ1) is 15.4. The fourth-order valence-corrected chi connectivity index (χ4v) is 3.03. The summed E-state index contributed by atoms with van der Waals surface area (Å²) in [7, 11) is 0. The molecular formula is C21H31N3O9. The number of hydrogen-bond acceptors (Lipinski definition) is 9. The van der Waals surface area contributed by atoms with Crippen LogP contribution in [0, 0.1) is 0 Å². The van der Waals surface area contributed by atoms with Crippen molar-refractivity contribution in [3.05, 3.63) is 30.3 Å². The van der Waals surface area contributed by atoms with Gasteiger partial charge in [-0.3, -0.25) is 9.59 Å². The van der Waals surface area contributed by atoms with Crippen LogP contribution in [0.2, 0.25) is 0 Å². The van der Waals surface area contributed by atoms with Crippen LogP contribution in [0.1, 0.15) is 27.2 Å². The van der Waals surface area contributed by atoms with Gasteiger partial charge in [-0.2, -0.15) is 0 Å². The maximum atomic E-state index is 12.8. The molecule has 0 radical (unpaired) electrons. The van der Waals surface area contributed by atoms with E-state index in [0.717, 1.165) is 0 Å². The number of carbonyl (C=O) groups is 3. The van der Waals surface area contributed by atoms with Crippen LogP contribution >= 0.6 is 0 Å². The molecule has 7 N–H and O–H groups in total. The van der Waals surface area contributed by atoms with Crippen LogP contribution in [0.4, 0.5) is 10.5 Å². The summed E-state index contributed by atoms with van der Waals surface area (Å²) >= 11 is 0. The van der Waals surface area contributed by atoms with Crippen LogP contribution in [0.25, 0.3) is 0 Å². The lowest BCUT2D eigenvalue weighted by Gasteiger charge is -2.40. The Balaban J connectivity index is 2.09. The molecule has 2 rings (SSSR count). The van der Waals surface area contributed by atoms with E-state index in [4.69, 9.17) is 9.47 Å². The number of nitrogens with one attached hydrogen (secondary N) is 3. The molecule has 0 bridgehead atoms. The molecule has 6 atom stereocenters. The molecule has 1 aromatic carbocycles. The predicted octanol–water partition coefficient (Wildman–Crippen LogP) is -1.18. The van der Waals surface area contributed by atoms with Gasteiger partial charge in [0.15, 0.2) is 6.23 Å². The van der Waals surface area contributed by atoms with E-state index in [1.54, 1.807) is 51.1 Å². The van der Waals surface area contributed by atoms with Gasteiger partial charge in [0.1, 0.15) is 36.1 Å². The SMILES string of the molecule is CC(C)(C)OC(=O)N[C@@H](CC(=O)N[C@@H]1O[C@H](CO)[C@@H](O)[C@H](O)[C@H]1O)C(=O)Nc1ccccc1. The van der Waals surface area contributed by atoms with E-state index in [1.807, 2.05) is 0 Å². The Morgan fingerprint density at radius 3 is 2.27 bits per heavy atom. The van der Waals surface area contributed by atoms with Crippen molar-refractivity contribution in [2.24, 2.45) is 0 Å². The molecule has 1 aliphatic rings. The Morgan fingerprint density at radius 2 is 1.70 bits per heavy atom. The normalized spacial score (nSPS) is 26.1. The van der Waals surface area contributed by atoms with Crippen LogP contribution in [0.3, 0.4) is 0 Å². The number of rotatable bonds is 7. The van der Waals surface area contributed by atoms with Crippen LogP contribution in [0.5, 0.6) is 0 Å². The Bertz CT molecular complexity index is 813. The molecule has 1 aliphatic heterocycles. The van der Waals surface area contributed by atoms with Crippen molar-refractivity contribution >= 4 is 23.6 Å². The second-order valence-electron chi connectivity index (χ2n) is 8.58. The highest BCUT2D eigenvalue weighted by atomic mass is 16.6. The Kier molecular flexibility index (Phi) is 9.14. The Hall–Kier alpha value is -2.77. The summed E-state index contributed by atoms with van der Waals surface area (Å²) in [5.41, 5.74) is -0.406. The highest BCUT2D eigenvalue weighted by molar-refractivity contribution is 5.99. The maximum absolute atomic E-state index is 12.8. The van der Waals surface area contributed by atoms with Crippen molar-refractivity contribution < 1.29 is 44.3 Å². The first-order valence-electron chi connectivity index (χ1n) is 10.4. The average Bonchev–Trinajstić information content (AvgIpc) is 2.73. The van der Waals surface area contributed by atoms with Crippen molar-refractivity contribution in [1.82, 2.24) is 10.6 Å². The summed E-state index contributed by atoms with van der Waals surface area (Å²) in [5.74, 6) is -1.51. The van der Waals surface area contributed by atoms with Gasteiger partial charge in [0.05, 0.1) is 13.0 Å². The van der Waals surface area contributed by atoms with E-state index < -0.39 is 73.2 Å². The van der Waals surface area contributed by atoms with Gasteiger partial charge in [-0.1, -0.05) is 18.2 Å². The number of anilines is 1. The van der Waals surface area contributed by atoms with E-state index in [0.29, 0.717) is 5.69 Å². The minimum Gasteiger partial charge on any atom is -0.444 e. The highest BCUT2D eigenvalue weighted by Crippen LogP contribution is 2.20. The zero-order valence-electron chi connectivity index (χ0n) is 18.6. The summed E-state index contributed by atoms with van der Waals surface area (Å²) in [6.07, 6.45) is -9.13. The van der Waals surface area contributed by atoms with Crippen molar-refractivity contribution in [1.29, 1.82) is 0 Å². The van der Waals surface area contributed by atoms with Crippen LogP contribution in [-0.4, -0.2) is 87.2 Å². The third kappa shape index (κ3) is 7.94. The van der Waals surface area contributed by atoms with E-state index in [9.17, 15) is 34.8 Å². The van der Waals surface area contributed by atoms with Gasteiger partial charge in [-0.25, -0.2) is 4.79 Å². The van der Waals surface area contributed by atoms with Gasteiger partial charge in [0, 0.05) is 5.69 Å². The molecule has 184 valence electrons. The van der Waals surface area contributed by atoms with Crippen molar-refractivity contribution in [3.63, 3.8) is 0 Å². The molecule has 0 unspecified atom stereocenters. The van der Waals surface area contributed by atoms with E-state index in [2.05, 4.69) is 16.0 Å². The zero-order chi connectivity index (χ0) is 24.8. The molecule has 1 aromatic rings. The van der Waals surface area contributed by atoms with Crippen LogP contribution in [0.15, 0.2) is 30.3 Å². The van der Waals surface area contributed by atoms with E-state index in [-0.39, 0.29) is 0 Å². The van der Waals surface area contributed by atoms with Crippen molar-refractivity contribution in [2.45, 2.75) is 69.5 Å². The fourth-order valence-electron chi connectivity index (χ4n) is 3.03. The number of hydrogen-bond donors (Lipinski definition) is 7. The first kappa shape index (κ1) is 26.5. The summed E-state index contributed by atoms with van der Waals surface area (Å²) in [6.45, 7) is 4.24. The first-order valence-corrected chi connectivity index (χ1v) is 10.4. The van der Waals surface area contributed by atoms with E-state index in [1.165, 1.54) is 0 Å². The second-order valence-corrected chi connectivity index (χ2v) is 8.58. The molecule has 33 heavy (non-hydrogen) atoms. The van der Waals surface area contributed by atoms with Gasteiger partial charge < -0.3 is 45.9 Å². The summed E-state index contributed by atoms with van der Waals surface area (Å²) in [4.78, 5) is 37.6. The van der Waals surface area contributed by atoms with Gasteiger partial charge in [0.25, 0.3) is 0 Å². The average molecular weight is 469 g/mol. The Morgan fingerprint density at radius 1 is 1.06 bits per heavy atom. The topological polar surface area (TPSA) is 187 Å². The second kappa shape index (κ2) is 11.4. The minimum atomic E-state index is -1.69. The largest absolute Gasteiger partial charge is 0.444 e. The summed E-state index contributed by atoms with van der Waals surface area (Å²) < 4.78 is 10.4. The van der Waals surface area contributed by atoms with Gasteiger partial charge in [0.2, 0.25) is 11.8 Å². The number of para-hydroxylation sites is 1. The monoisotopic (exact) mass is 469 g/mol. The highest BCUT2D eigenvalue weighted by Gasteiger charge is 2.44. The van der Waals surface area contributed by atoms with E-state index >= 15 is 0 Å². The van der Waals surface area contributed by atoms with Crippen molar-refractivity contribution in [3.8, 4) is 0 Å². The number of benzene rings is 1. The lowest BCUT2D eigenvalue weighted by Crippen LogP contribution is -2.63. The molecule has 12 nitrogen and oxygen atoms in total. The molecule has 1 fully saturated rings. The van der Waals surface area contributed by atoms with Gasteiger partial charge in [-0.15, -0.1) is 0 Å². The Labute approximate surface area is 190 Å². The third-order valence-electron chi connectivity index (χ3n) is 4.63. The fraction of sp³-hybridized carbons (Fsp3) is 0.571. The molecule has 1 heterocycles. The number of ether oxygens (including phenoxy) is 2. The van der Waals surface area contributed by atoms with Crippen LogP contribution in [-0.2, 0) is 19.1 Å². The smallest absolute Gasteiger partial charge is 0.408 e. The number of aliphatic hydroxyl groups is 4. The molecule has 0 aromatic heterocycles. The zero-order valence-corrected chi connectivity index (χ0v) is 18.6. The molecule has 0 saturated carbocycles. The number of aliphatic hydroxyl groups excluding tert-OH is 4. The van der Waals surface area contributed by atoms with Gasteiger partial charge in [-0.05, 0) is 32.9 Å².